The van der Waals surface area contributed by atoms with Gasteiger partial charge in [-0.15, -0.1) is 0 Å². The number of hydrogen-bond donors (Lipinski definition) is 1. The maximum Gasteiger partial charge on any atom is 0.0325 e. The van der Waals surface area contributed by atoms with Crippen LogP contribution in [0.2, 0.25) is 0 Å². The van der Waals surface area contributed by atoms with Crippen molar-refractivity contribution in [1.82, 2.24) is 5.32 Å². The summed E-state index contributed by atoms with van der Waals surface area (Å²) in [5, 5.41) is 3.90. The molecule has 0 heterocycles. The highest BCUT2D eigenvalue weighted by Crippen LogP contribution is 2.36. The fourth-order valence-corrected chi connectivity index (χ4v) is 3.56. The maximum absolute atomic E-state index is 3.90. The van der Waals surface area contributed by atoms with Crippen LogP contribution in [0.25, 0.3) is 0 Å². The highest BCUT2D eigenvalue weighted by Gasteiger charge is 2.28. The zero-order valence-electron chi connectivity index (χ0n) is 14.4. The quantitative estimate of drug-likeness (QED) is 0.730. The Kier molecular flexibility index (Phi) is 5.48. The molecule has 1 fully saturated rings. The Morgan fingerprint density at radius 3 is 2.24 bits per heavy atom. The fraction of sp³-hybridized carbons (Fsp3) is 0.700. The molecule has 1 aromatic rings. The molecule has 1 aromatic carbocycles. The molecule has 118 valence electrons. The molecule has 1 saturated carbocycles. The maximum atomic E-state index is 3.90. The standard InChI is InChI=1S/C20H33N/c1-19(2,3)15-18(17-11-7-5-8-12-17)21-16-20(4)13-9-6-10-14-20/h5,7-8,11-12,18,21H,6,9-10,13-16H2,1-4H3. The first-order valence-corrected chi connectivity index (χ1v) is 8.66. The van der Waals surface area contributed by atoms with Gasteiger partial charge < -0.3 is 5.32 Å². The third-order valence-corrected chi connectivity index (χ3v) is 4.85. The number of hydrogen-bond acceptors (Lipinski definition) is 1. The van der Waals surface area contributed by atoms with Crippen molar-refractivity contribution in [1.29, 1.82) is 0 Å². The van der Waals surface area contributed by atoms with Gasteiger partial charge in [0.25, 0.3) is 0 Å². The lowest BCUT2D eigenvalue weighted by atomic mass is 9.75. The second-order valence-corrected chi connectivity index (χ2v) is 8.48. The van der Waals surface area contributed by atoms with E-state index in [0.717, 1.165) is 6.54 Å². The molecule has 0 saturated heterocycles. The summed E-state index contributed by atoms with van der Waals surface area (Å²) < 4.78 is 0. The van der Waals surface area contributed by atoms with E-state index < -0.39 is 0 Å². The molecular weight excluding hydrogens is 254 g/mol. The molecule has 2 rings (SSSR count). The average Bonchev–Trinajstić information content (AvgIpc) is 2.44. The van der Waals surface area contributed by atoms with Gasteiger partial charge in [0.05, 0.1) is 0 Å². The largest absolute Gasteiger partial charge is 0.309 e. The Balaban J connectivity index is 2.02. The molecule has 0 aromatic heterocycles. The van der Waals surface area contributed by atoms with Gasteiger partial charge in [-0.2, -0.15) is 0 Å². The molecule has 1 heteroatoms. The topological polar surface area (TPSA) is 12.0 Å². The SMILES string of the molecule is CC(C)(C)CC(NCC1(C)CCCCC1)c1ccccc1. The first-order chi connectivity index (χ1) is 9.88. The van der Waals surface area contributed by atoms with Crippen molar-refractivity contribution in [2.45, 2.75) is 72.3 Å². The summed E-state index contributed by atoms with van der Waals surface area (Å²) in [6.07, 6.45) is 8.21. The lowest BCUT2D eigenvalue weighted by Gasteiger charge is -2.36. The predicted octanol–water partition coefficient (Wildman–Crippen LogP) is 5.72. The molecule has 1 aliphatic carbocycles. The van der Waals surface area contributed by atoms with Gasteiger partial charge in [-0.1, -0.05) is 77.3 Å². The van der Waals surface area contributed by atoms with Gasteiger partial charge in [-0.3, -0.25) is 0 Å². The van der Waals surface area contributed by atoms with Crippen LogP contribution < -0.4 is 5.32 Å². The van der Waals surface area contributed by atoms with E-state index in [2.05, 4.69) is 63.3 Å². The van der Waals surface area contributed by atoms with Crippen LogP contribution in [0.1, 0.15) is 77.8 Å². The van der Waals surface area contributed by atoms with Gasteiger partial charge in [-0.25, -0.2) is 0 Å². The molecule has 1 atom stereocenters. The van der Waals surface area contributed by atoms with Crippen LogP contribution >= 0.6 is 0 Å². The molecule has 1 aliphatic rings. The predicted molar refractivity (Wildman–Crippen MR) is 92.4 cm³/mol. The molecule has 0 spiro atoms. The van der Waals surface area contributed by atoms with Crippen LogP contribution in [-0.2, 0) is 0 Å². The third kappa shape index (κ3) is 5.47. The second-order valence-electron chi connectivity index (χ2n) is 8.48. The second kappa shape index (κ2) is 6.96. The van der Waals surface area contributed by atoms with E-state index in [9.17, 15) is 0 Å². The van der Waals surface area contributed by atoms with Crippen molar-refractivity contribution >= 4 is 0 Å². The molecule has 0 bridgehead atoms. The fourth-order valence-electron chi connectivity index (χ4n) is 3.56. The van der Waals surface area contributed by atoms with Crippen molar-refractivity contribution in [3.05, 3.63) is 35.9 Å². The minimum atomic E-state index is 0.348. The lowest BCUT2D eigenvalue weighted by Crippen LogP contribution is -2.37. The summed E-state index contributed by atoms with van der Waals surface area (Å²) in [6, 6.07) is 11.5. The first-order valence-electron chi connectivity index (χ1n) is 8.66. The van der Waals surface area contributed by atoms with Gasteiger partial charge in [-0.05, 0) is 35.7 Å². The van der Waals surface area contributed by atoms with Gasteiger partial charge >= 0.3 is 0 Å². The summed E-state index contributed by atoms with van der Waals surface area (Å²) in [5.41, 5.74) is 2.29. The van der Waals surface area contributed by atoms with Crippen LogP contribution in [0.3, 0.4) is 0 Å². The average molecular weight is 287 g/mol. The molecule has 0 radical (unpaired) electrons. The number of rotatable bonds is 5. The van der Waals surface area contributed by atoms with E-state index in [1.165, 1.54) is 44.1 Å². The van der Waals surface area contributed by atoms with Crippen LogP contribution in [0.15, 0.2) is 30.3 Å². The molecule has 21 heavy (non-hydrogen) atoms. The Morgan fingerprint density at radius 1 is 1.05 bits per heavy atom. The Labute approximate surface area is 131 Å². The normalized spacial score (nSPS) is 20.2. The molecule has 1 nitrogen and oxygen atoms in total. The van der Waals surface area contributed by atoms with Gasteiger partial charge in [0, 0.05) is 12.6 Å². The summed E-state index contributed by atoms with van der Waals surface area (Å²) in [5.74, 6) is 0. The summed E-state index contributed by atoms with van der Waals surface area (Å²) in [7, 11) is 0. The van der Waals surface area contributed by atoms with Crippen molar-refractivity contribution in [3.8, 4) is 0 Å². The molecular formula is C20H33N. The zero-order valence-corrected chi connectivity index (χ0v) is 14.4. The Hall–Kier alpha value is -0.820. The highest BCUT2D eigenvalue weighted by molar-refractivity contribution is 5.19. The summed E-state index contributed by atoms with van der Waals surface area (Å²) in [6.45, 7) is 10.6. The number of nitrogens with one attached hydrogen (secondary N) is 1. The van der Waals surface area contributed by atoms with Gasteiger partial charge in [0.2, 0.25) is 0 Å². The van der Waals surface area contributed by atoms with E-state index in [4.69, 9.17) is 0 Å². The molecule has 1 unspecified atom stereocenters. The van der Waals surface area contributed by atoms with Crippen molar-refractivity contribution in [2.24, 2.45) is 10.8 Å². The third-order valence-electron chi connectivity index (χ3n) is 4.85. The van der Waals surface area contributed by atoms with Crippen LogP contribution in [0, 0.1) is 10.8 Å². The van der Waals surface area contributed by atoms with Crippen molar-refractivity contribution in [2.75, 3.05) is 6.54 Å². The van der Waals surface area contributed by atoms with E-state index in [1.54, 1.807) is 0 Å². The first kappa shape index (κ1) is 16.5. The van der Waals surface area contributed by atoms with Crippen LogP contribution in [-0.4, -0.2) is 6.54 Å². The van der Waals surface area contributed by atoms with Crippen molar-refractivity contribution < 1.29 is 0 Å². The minimum Gasteiger partial charge on any atom is -0.309 e. The van der Waals surface area contributed by atoms with Crippen LogP contribution in [0.4, 0.5) is 0 Å². The highest BCUT2D eigenvalue weighted by atomic mass is 14.9. The Bertz CT molecular complexity index is 409. The van der Waals surface area contributed by atoms with Crippen LogP contribution in [0.5, 0.6) is 0 Å². The van der Waals surface area contributed by atoms with E-state index in [-0.39, 0.29) is 0 Å². The summed E-state index contributed by atoms with van der Waals surface area (Å²) in [4.78, 5) is 0. The molecule has 0 aliphatic heterocycles. The molecule has 0 amide bonds. The zero-order chi connectivity index (χ0) is 15.3. The van der Waals surface area contributed by atoms with Gasteiger partial charge in [0.1, 0.15) is 0 Å². The van der Waals surface area contributed by atoms with Crippen molar-refractivity contribution in [3.63, 3.8) is 0 Å². The van der Waals surface area contributed by atoms with E-state index in [1.807, 2.05) is 0 Å². The Morgan fingerprint density at radius 2 is 1.67 bits per heavy atom. The van der Waals surface area contributed by atoms with E-state index >= 15 is 0 Å². The smallest absolute Gasteiger partial charge is 0.0325 e. The minimum absolute atomic E-state index is 0.348. The van der Waals surface area contributed by atoms with Gasteiger partial charge in [0.15, 0.2) is 0 Å². The lowest BCUT2D eigenvalue weighted by molar-refractivity contribution is 0.190. The van der Waals surface area contributed by atoms with E-state index in [0.29, 0.717) is 16.9 Å². The summed E-state index contributed by atoms with van der Waals surface area (Å²) >= 11 is 0. The molecule has 1 N–H and O–H groups in total. The number of benzene rings is 1. The monoisotopic (exact) mass is 287 g/mol.